The largest absolute Gasteiger partial charge is 0.508 e. The van der Waals surface area contributed by atoms with Crippen LogP contribution >= 0.6 is 0 Å². The fraction of sp³-hybridized carbons (Fsp3) is 0.300. The van der Waals surface area contributed by atoms with Crippen LogP contribution in [0.5, 0.6) is 17.2 Å². The zero-order valence-electron chi connectivity index (χ0n) is 21.7. The maximum atomic E-state index is 12.7. The van der Waals surface area contributed by atoms with Crippen molar-refractivity contribution < 1.29 is 47.9 Å². The van der Waals surface area contributed by atoms with E-state index in [0.717, 1.165) is 5.56 Å². The molecule has 2 aliphatic heterocycles. The van der Waals surface area contributed by atoms with Crippen LogP contribution in [0.4, 0.5) is 0 Å². The van der Waals surface area contributed by atoms with Gasteiger partial charge < -0.3 is 33.5 Å². The predicted octanol–water partition coefficient (Wildman–Crippen LogP) is 3.49. The number of aromatic hydroxyl groups is 1. The van der Waals surface area contributed by atoms with Gasteiger partial charge in [0.15, 0.2) is 12.2 Å². The van der Waals surface area contributed by atoms with E-state index in [1.54, 1.807) is 55.6 Å². The molecule has 10 nitrogen and oxygen atoms in total. The van der Waals surface area contributed by atoms with E-state index in [9.17, 15) is 19.5 Å². The van der Waals surface area contributed by atoms with Crippen LogP contribution in [-0.2, 0) is 30.2 Å². The lowest BCUT2D eigenvalue weighted by Gasteiger charge is -2.17. The van der Waals surface area contributed by atoms with Crippen molar-refractivity contribution in [3.05, 3.63) is 89.5 Å². The van der Waals surface area contributed by atoms with E-state index >= 15 is 0 Å². The van der Waals surface area contributed by atoms with Gasteiger partial charge in [0, 0.05) is 6.42 Å². The molecule has 40 heavy (non-hydrogen) atoms. The second kappa shape index (κ2) is 12.2. The first kappa shape index (κ1) is 27.2. The van der Waals surface area contributed by atoms with Crippen LogP contribution in [0.15, 0.2) is 72.8 Å². The highest BCUT2D eigenvalue weighted by Crippen LogP contribution is 2.31. The van der Waals surface area contributed by atoms with Gasteiger partial charge in [-0.3, -0.25) is 4.79 Å². The minimum Gasteiger partial charge on any atom is -0.508 e. The number of carbonyl (C=O) groups is 3. The van der Waals surface area contributed by atoms with Crippen LogP contribution in [0.25, 0.3) is 0 Å². The van der Waals surface area contributed by atoms with E-state index < -0.39 is 42.3 Å². The third-order valence-electron chi connectivity index (χ3n) is 6.68. The number of phenolic OH excluding ortho intramolecular Hbond substituents is 1. The first-order valence-electron chi connectivity index (χ1n) is 12.8. The Morgan fingerprint density at radius 2 is 1.25 bits per heavy atom. The number of methoxy groups -OCH3 is 1. The summed E-state index contributed by atoms with van der Waals surface area (Å²) in [7, 11) is 1.54. The summed E-state index contributed by atoms with van der Waals surface area (Å²) in [5.74, 6) is -0.419. The minimum atomic E-state index is -0.667. The van der Waals surface area contributed by atoms with Gasteiger partial charge in [-0.2, -0.15) is 0 Å². The van der Waals surface area contributed by atoms with Gasteiger partial charge in [-0.1, -0.05) is 12.1 Å². The Morgan fingerprint density at radius 1 is 0.750 bits per heavy atom. The molecule has 0 amide bonds. The quantitative estimate of drug-likeness (QED) is 0.314. The van der Waals surface area contributed by atoms with Crippen molar-refractivity contribution in [2.45, 2.75) is 37.3 Å². The van der Waals surface area contributed by atoms with E-state index in [1.807, 2.05) is 0 Å². The molecule has 0 spiro atoms. The van der Waals surface area contributed by atoms with Crippen molar-refractivity contribution in [2.75, 3.05) is 20.3 Å². The highest BCUT2D eigenvalue weighted by Gasteiger charge is 2.51. The second-order valence-electron chi connectivity index (χ2n) is 9.38. The summed E-state index contributed by atoms with van der Waals surface area (Å²) >= 11 is 0. The Kier molecular flexibility index (Phi) is 8.28. The molecule has 5 rings (SSSR count). The molecular weight excluding hydrogens is 520 g/mol. The van der Waals surface area contributed by atoms with Gasteiger partial charge in [-0.25, -0.2) is 9.59 Å². The van der Waals surface area contributed by atoms with E-state index in [4.69, 9.17) is 28.4 Å². The smallest absolute Gasteiger partial charge is 0.338 e. The number of carbonyl (C=O) groups excluding carboxylic acids is 3. The average Bonchev–Trinajstić information content (AvgIpc) is 3.56. The molecule has 3 aromatic rings. The van der Waals surface area contributed by atoms with Crippen molar-refractivity contribution in [2.24, 2.45) is 0 Å². The number of hydrogen-bond acceptors (Lipinski definition) is 10. The molecule has 4 atom stereocenters. The van der Waals surface area contributed by atoms with E-state index in [1.165, 1.54) is 24.3 Å². The number of phenols is 1. The zero-order valence-corrected chi connectivity index (χ0v) is 21.7. The summed E-state index contributed by atoms with van der Waals surface area (Å²) in [5.41, 5.74) is 1.54. The van der Waals surface area contributed by atoms with E-state index in [2.05, 4.69) is 0 Å². The number of esters is 3. The van der Waals surface area contributed by atoms with Gasteiger partial charge in [-0.05, 0) is 72.6 Å². The Morgan fingerprint density at radius 3 is 1.75 bits per heavy atom. The highest BCUT2D eigenvalue weighted by molar-refractivity contribution is 5.90. The molecule has 0 aromatic heterocycles. The Hall–Kier alpha value is -4.41. The molecule has 0 saturated carbocycles. The van der Waals surface area contributed by atoms with Crippen molar-refractivity contribution >= 4 is 17.9 Å². The summed E-state index contributed by atoms with van der Waals surface area (Å²) in [4.78, 5) is 37.5. The Bertz CT molecular complexity index is 1330. The van der Waals surface area contributed by atoms with Crippen molar-refractivity contribution in [1.82, 2.24) is 0 Å². The SMILES string of the molecule is COc1ccc(C(=O)O[C@@H]2COC3C2OC[C@H]3OC(=O)c2ccc(OC(=O)CCc3ccc(O)cc3)cc2)cc1. The lowest BCUT2D eigenvalue weighted by molar-refractivity contribution is -0.134. The Balaban J connectivity index is 1.09. The number of rotatable bonds is 9. The molecule has 2 heterocycles. The molecule has 10 heteroatoms. The summed E-state index contributed by atoms with van der Waals surface area (Å²) in [6, 6.07) is 19.2. The molecule has 0 bridgehead atoms. The number of aryl methyl sites for hydroxylation is 1. The van der Waals surface area contributed by atoms with Gasteiger partial charge in [-0.15, -0.1) is 0 Å². The van der Waals surface area contributed by atoms with Crippen LogP contribution in [0.2, 0.25) is 0 Å². The maximum absolute atomic E-state index is 12.7. The lowest BCUT2D eigenvalue weighted by atomic mass is 10.1. The van der Waals surface area contributed by atoms with Gasteiger partial charge in [0.1, 0.15) is 29.5 Å². The molecule has 2 saturated heterocycles. The molecule has 2 fully saturated rings. The monoisotopic (exact) mass is 548 g/mol. The van der Waals surface area contributed by atoms with E-state index in [0.29, 0.717) is 23.5 Å². The van der Waals surface area contributed by atoms with Gasteiger partial charge in [0.2, 0.25) is 0 Å². The fourth-order valence-corrected chi connectivity index (χ4v) is 4.52. The van der Waals surface area contributed by atoms with Gasteiger partial charge in [0.25, 0.3) is 0 Å². The summed E-state index contributed by atoms with van der Waals surface area (Å²) in [6.07, 6.45) is -1.78. The topological polar surface area (TPSA) is 127 Å². The molecule has 0 radical (unpaired) electrons. The summed E-state index contributed by atoms with van der Waals surface area (Å²) in [5, 5.41) is 9.34. The van der Waals surface area contributed by atoms with Gasteiger partial charge in [0.05, 0.1) is 31.5 Å². The third kappa shape index (κ3) is 6.41. The van der Waals surface area contributed by atoms with Crippen LogP contribution in [-0.4, -0.2) is 67.8 Å². The van der Waals surface area contributed by atoms with Crippen molar-refractivity contribution in [3.8, 4) is 17.2 Å². The third-order valence-corrected chi connectivity index (χ3v) is 6.68. The summed E-state index contributed by atoms with van der Waals surface area (Å²) < 4.78 is 33.2. The van der Waals surface area contributed by atoms with Crippen molar-refractivity contribution in [1.29, 1.82) is 0 Å². The fourth-order valence-electron chi connectivity index (χ4n) is 4.52. The molecule has 0 aliphatic carbocycles. The van der Waals surface area contributed by atoms with E-state index in [-0.39, 0.29) is 30.9 Å². The second-order valence-corrected chi connectivity index (χ2v) is 9.38. The molecule has 2 aliphatic rings. The number of hydrogen-bond donors (Lipinski definition) is 1. The summed E-state index contributed by atoms with van der Waals surface area (Å²) in [6.45, 7) is 0.229. The number of benzene rings is 3. The maximum Gasteiger partial charge on any atom is 0.338 e. The van der Waals surface area contributed by atoms with Crippen LogP contribution in [0, 0.1) is 0 Å². The van der Waals surface area contributed by atoms with Crippen LogP contribution < -0.4 is 9.47 Å². The molecular formula is C30H28O10. The standard InChI is InChI=1S/C30H28O10/c1-35-22-11-5-19(6-12-22)29(33)39-24-16-36-28-25(17-37-27(24)28)40-30(34)20-7-13-23(14-8-20)38-26(32)15-4-18-2-9-21(31)10-3-18/h2-3,5-14,24-25,27-28,31H,4,15-17H2,1H3/t24-,25-,27?,28?/m1/s1. The van der Waals surface area contributed by atoms with Crippen LogP contribution in [0.3, 0.4) is 0 Å². The number of fused-ring (bicyclic) bond motifs is 1. The van der Waals surface area contributed by atoms with Gasteiger partial charge >= 0.3 is 17.9 Å². The zero-order chi connectivity index (χ0) is 28.1. The average molecular weight is 549 g/mol. The molecule has 208 valence electrons. The normalized spacial score (nSPS) is 21.3. The molecule has 2 unspecified atom stereocenters. The molecule has 3 aromatic carbocycles. The van der Waals surface area contributed by atoms with Crippen LogP contribution in [0.1, 0.15) is 32.7 Å². The first-order chi connectivity index (χ1) is 19.4. The predicted molar refractivity (Wildman–Crippen MR) is 139 cm³/mol. The number of ether oxygens (including phenoxy) is 6. The van der Waals surface area contributed by atoms with Crippen molar-refractivity contribution in [3.63, 3.8) is 0 Å². The minimum absolute atomic E-state index is 0.106. The highest BCUT2D eigenvalue weighted by atomic mass is 16.7. The lowest BCUT2D eigenvalue weighted by Crippen LogP contribution is -2.36. The molecule has 1 N–H and O–H groups in total. The Labute approximate surface area is 230 Å². The first-order valence-corrected chi connectivity index (χ1v) is 12.8.